The third kappa shape index (κ3) is 3.53. The third-order valence-corrected chi connectivity index (χ3v) is 5.44. The number of amides is 1. The van der Waals surface area contributed by atoms with Gasteiger partial charge in [0.15, 0.2) is 0 Å². The van der Waals surface area contributed by atoms with E-state index in [9.17, 15) is 4.79 Å². The summed E-state index contributed by atoms with van der Waals surface area (Å²) in [4.78, 5) is 14.8. The molecular formula is C16H31N3O. The fourth-order valence-corrected chi connectivity index (χ4v) is 3.98. The molecule has 2 rings (SSSR count). The summed E-state index contributed by atoms with van der Waals surface area (Å²) < 4.78 is 0. The van der Waals surface area contributed by atoms with Gasteiger partial charge in [-0.15, -0.1) is 0 Å². The normalized spacial score (nSPS) is 30.2. The Labute approximate surface area is 123 Å². The molecule has 1 aliphatic carbocycles. The van der Waals surface area contributed by atoms with E-state index in [1.54, 1.807) is 0 Å². The number of nitrogens with zero attached hydrogens (tertiary/aromatic N) is 1. The molecule has 2 unspecified atom stereocenters. The highest BCUT2D eigenvalue weighted by molar-refractivity contribution is 5.77. The molecule has 4 nitrogen and oxygen atoms in total. The van der Waals surface area contributed by atoms with E-state index < -0.39 is 0 Å². The highest BCUT2D eigenvalue weighted by atomic mass is 16.2. The lowest BCUT2D eigenvalue weighted by atomic mass is 9.71. The molecule has 4 N–H and O–H groups in total. The Morgan fingerprint density at radius 1 is 1.25 bits per heavy atom. The van der Waals surface area contributed by atoms with E-state index in [0.717, 1.165) is 32.2 Å². The number of nitrogens with two attached hydrogens (primary N) is 2. The molecule has 0 spiro atoms. The average molecular weight is 281 g/mol. The zero-order valence-electron chi connectivity index (χ0n) is 12.9. The zero-order valence-corrected chi connectivity index (χ0v) is 12.9. The lowest BCUT2D eigenvalue weighted by Crippen LogP contribution is -2.51. The minimum Gasteiger partial charge on any atom is -0.338 e. The first-order valence-corrected chi connectivity index (χ1v) is 8.30. The monoisotopic (exact) mass is 281 g/mol. The van der Waals surface area contributed by atoms with Crippen LogP contribution < -0.4 is 11.5 Å². The van der Waals surface area contributed by atoms with Crippen LogP contribution in [0.2, 0.25) is 0 Å². The number of likely N-dealkylation sites (tertiary alicyclic amines) is 1. The van der Waals surface area contributed by atoms with Gasteiger partial charge in [0.2, 0.25) is 5.91 Å². The van der Waals surface area contributed by atoms with E-state index >= 15 is 0 Å². The lowest BCUT2D eigenvalue weighted by molar-refractivity contribution is -0.138. The number of hydrogen-bond acceptors (Lipinski definition) is 3. The predicted molar refractivity (Wildman–Crippen MR) is 82.1 cm³/mol. The Morgan fingerprint density at radius 3 is 2.55 bits per heavy atom. The van der Waals surface area contributed by atoms with Crippen LogP contribution in [0.1, 0.15) is 58.3 Å². The number of rotatable bonds is 4. The van der Waals surface area contributed by atoms with Crippen molar-refractivity contribution in [3.05, 3.63) is 0 Å². The quantitative estimate of drug-likeness (QED) is 0.826. The molecule has 0 aromatic carbocycles. The molecule has 0 radical (unpaired) electrons. The van der Waals surface area contributed by atoms with Crippen molar-refractivity contribution in [2.45, 2.75) is 64.3 Å². The van der Waals surface area contributed by atoms with Gasteiger partial charge >= 0.3 is 0 Å². The summed E-state index contributed by atoms with van der Waals surface area (Å²) in [7, 11) is 0. The molecule has 2 fully saturated rings. The van der Waals surface area contributed by atoms with Gasteiger partial charge in [0.1, 0.15) is 0 Å². The van der Waals surface area contributed by atoms with E-state index in [4.69, 9.17) is 11.5 Å². The highest BCUT2D eigenvalue weighted by Gasteiger charge is 2.37. The molecule has 116 valence electrons. The van der Waals surface area contributed by atoms with Gasteiger partial charge in [-0.05, 0) is 43.6 Å². The summed E-state index contributed by atoms with van der Waals surface area (Å²) in [6.07, 6.45) is 8.77. The van der Waals surface area contributed by atoms with Gasteiger partial charge in [-0.1, -0.05) is 26.2 Å². The first kappa shape index (κ1) is 15.8. The Bertz CT molecular complexity index is 326. The first-order valence-electron chi connectivity index (χ1n) is 8.30. The van der Waals surface area contributed by atoms with Crippen molar-refractivity contribution in [2.24, 2.45) is 22.8 Å². The Kier molecular flexibility index (Phi) is 5.44. The van der Waals surface area contributed by atoms with Gasteiger partial charge < -0.3 is 16.4 Å². The number of piperidine rings is 1. The van der Waals surface area contributed by atoms with Crippen molar-refractivity contribution in [2.75, 3.05) is 19.6 Å². The molecule has 20 heavy (non-hydrogen) atoms. The van der Waals surface area contributed by atoms with Crippen molar-refractivity contribution in [3.63, 3.8) is 0 Å². The molecule has 2 aliphatic rings. The lowest BCUT2D eigenvalue weighted by Gasteiger charge is -2.42. The van der Waals surface area contributed by atoms with E-state index in [1.807, 2.05) is 4.90 Å². The second-order valence-corrected chi connectivity index (χ2v) is 7.05. The van der Waals surface area contributed by atoms with Crippen LogP contribution in [0.5, 0.6) is 0 Å². The standard InChI is InChI=1S/C16H31N3O/c1-13-5-8-19(14(9-13)11-17)15(20)10-16(12-18)6-3-2-4-7-16/h13-14H,2-12,17-18H2,1H3. The Balaban J connectivity index is 1.99. The van der Waals surface area contributed by atoms with E-state index in [-0.39, 0.29) is 11.5 Å². The average Bonchev–Trinajstić information content (AvgIpc) is 2.47. The van der Waals surface area contributed by atoms with Gasteiger partial charge in [-0.25, -0.2) is 0 Å². The van der Waals surface area contributed by atoms with Crippen LogP contribution in [0.25, 0.3) is 0 Å². The third-order valence-electron chi connectivity index (χ3n) is 5.44. The van der Waals surface area contributed by atoms with Crippen LogP contribution in [-0.4, -0.2) is 36.5 Å². The molecule has 2 atom stereocenters. The maximum atomic E-state index is 12.7. The Hall–Kier alpha value is -0.610. The fraction of sp³-hybridized carbons (Fsp3) is 0.938. The van der Waals surface area contributed by atoms with Crippen molar-refractivity contribution < 1.29 is 4.79 Å². The highest BCUT2D eigenvalue weighted by Crippen LogP contribution is 2.39. The predicted octanol–water partition coefficient (Wildman–Crippen LogP) is 1.87. The van der Waals surface area contributed by atoms with Gasteiger partial charge in [0, 0.05) is 25.6 Å². The van der Waals surface area contributed by atoms with Gasteiger partial charge in [0.25, 0.3) is 0 Å². The largest absolute Gasteiger partial charge is 0.338 e. The Morgan fingerprint density at radius 2 is 1.95 bits per heavy atom. The second-order valence-electron chi connectivity index (χ2n) is 7.05. The van der Waals surface area contributed by atoms with Gasteiger partial charge in [-0.2, -0.15) is 0 Å². The van der Waals surface area contributed by atoms with Crippen molar-refractivity contribution in [1.29, 1.82) is 0 Å². The van der Waals surface area contributed by atoms with E-state index in [1.165, 1.54) is 19.3 Å². The number of carbonyl (C=O) groups is 1. The topological polar surface area (TPSA) is 72.3 Å². The number of carbonyl (C=O) groups excluding carboxylic acids is 1. The van der Waals surface area contributed by atoms with Gasteiger partial charge in [-0.3, -0.25) is 4.79 Å². The molecule has 1 heterocycles. The minimum absolute atomic E-state index is 0.0670. The zero-order chi connectivity index (χ0) is 14.6. The minimum atomic E-state index is 0.0670. The fourth-order valence-electron chi connectivity index (χ4n) is 3.98. The molecule has 1 saturated carbocycles. The maximum Gasteiger partial charge on any atom is 0.223 e. The van der Waals surface area contributed by atoms with Crippen molar-refractivity contribution in [3.8, 4) is 0 Å². The molecular weight excluding hydrogens is 250 g/mol. The molecule has 0 bridgehead atoms. The molecule has 4 heteroatoms. The SMILES string of the molecule is CC1CCN(C(=O)CC2(CN)CCCCC2)C(CN)C1. The summed E-state index contributed by atoms with van der Waals surface area (Å²) in [6, 6.07) is 0.240. The van der Waals surface area contributed by atoms with Gasteiger partial charge in [0.05, 0.1) is 0 Å². The summed E-state index contributed by atoms with van der Waals surface area (Å²) in [5, 5.41) is 0. The van der Waals surface area contributed by atoms with E-state index in [0.29, 0.717) is 31.3 Å². The van der Waals surface area contributed by atoms with Crippen molar-refractivity contribution in [1.82, 2.24) is 4.90 Å². The number of hydrogen-bond donors (Lipinski definition) is 2. The van der Waals surface area contributed by atoms with Crippen LogP contribution in [0, 0.1) is 11.3 Å². The molecule has 0 aromatic rings. The van der Waals surface area contributed by atoms with Crippen LogP contribution >= 0.6 is 0 Å². The second kappa shape index (κ2) is 6.90. The van der Waals surface area contributed by atoms with Crippen molar-refractivity contribution >= 4 is 5.91 Å². The maximum absolute atomic E-state index is 12.7. The van der Waals surface area contributed by atoms with Crippen LogP contribution in [0.3, 0.4) is 0 Å². The van der Waals surface area contributed by atoms with E-state index in [2.05, 4.69) is 6.92 Å². The van der Waals surface area contributed by atoms with Crippen LogP contribution in [0.15, 0.2) is 0 Å². The van der Waals surface area contributed by atoms with Crippen LogP contribution in [-0.2, 0) is 4.79 Å². The molecule has 1 saturated heterocycles. The summed E-state index contributed by atoms with van der Waals surface area (Å²) in [6.45, 7) is 4.37. The summed E-state index contributed by atoms with van der Waals surface area (Å²) >= 11 is 0. The summed E-state index contributed by atoms with van der Waals surface area (Å²) in [5.74, 6) is 0.977. The molecule has 1 aliphatic heterocycles. The first-order chi connectivity index (χ1) is 9.60. The smallest absolute Gasteiger partial charge is 0.223 e. The summed E-state index contributed by atoms with van der Waals surface area (Å²) in [5.41, 5.74) is 12.0. The molecule has 1 amide bonds. The van der Waals surface area contributed by atoms with Crippen LogP contribution in [0.4, 0.5) is 0 Å². The molecule has 0 aromatic heterocycles.